The van der Waals surface area contributed by atoms with Crippen LogP contribution < -0.4 is 4.74 Å². The van der Waals surface area contributed by atoms with Gasteiger partial charge in [-0.2, -0.15) is 0 Å². The zero-order valence-corrected chi connectivity index (χ0v) is 15.9. The van der Waals surface area contributed by atoms with E-state index in [-0.39, 0.29) is 11.9 Å². The van der Waals surface area contributed by atoms with E-state index in [0.29, 0.717) is 50.8 Å². The average Bonchev–Trinajstić information content (AvgIpc) is 2.57. The topological polar surface area (TPSA) is 61.8 Å². The van der Waals surface area contributed by atoms with Crippen LogP contribution in [-0.2, 0) is 30.8 Å². The summed E-state index contributed by atoms with van der Waals surface area (Å²) in [4.78, 5) is 22.9. The molecule has 0 atom stereocenters. The maximum absolute atomic E-state index is 11.6. The molecule has 0 unspecified atom stereocenters. The summed E-state index contributed by atoms with van der Waals surface area (Å²) in [5, 5.41) is 0.686. The number of rotatable bonds is 11. The molecule has 0 radical (unpaired) electrons. The van der Waals surface area contributed by atoms with Crippen molar-refractivity contribution in [3.8, 4) is 5.75 Å². The van der Waals surface area contributed by atoms with E-state index in [4.69, 9.17) is 14.2 Å². The van der Waals surface area contributed by atoms with Gasteiger partial charge in [0.2, 0.25) is 0 Å². The van der Waals surface area contributed by atoms with Crippen molar-refractivity contribution in [1.82, 2.24) is 0 Å². The van der Waals surface area contributed by atoms with Gasteiger partial charge in [-0.25, -0.2) is 0 Å². The van der Waals surface area contributed by atoms with Gasteiger partial charge in [-0.1, -0.05) is 28.1 Å². The van der Waals surface area contributed by atoms with Crippen molar-refractivity contribution in [2.24, 2.45) is 0 Å². The molecule has 0 N–H and O–H groups in total. The minimum Gasteiger partial charge on any atom is -0.493 e. The number of hydrogen-bond acceptors (Lipinski definition) is 5. The smallest absolute Gasteiger partial charge is 0.306 e. The fraction of sp³-hybridized carbons (Fsp3) is 0.556. The number of hydrogen-bond donors (Lipinski definition) is 0. The lowest BCUT2D eigenvalue weighted by Crippen LogP contribution is -2.09. The van der Waals surface area contributed by atoms with E-state index in [0.717, 1.165) is 16.9 Å². The Morgan fingerprint density at radius 1 is 1.04 bits per heavy atom. The van der Waals surface area contributed by atoms with E-state index in [1.54, 1.807) is 13.8 Å². The molecule has 1 rings (SSSR count). The van der Waals surface area contributed by atoms with Gasteiger partial charge in [0.05, 0.1) is 19.8 Å². The van der Waals surface area contributed by atoms with Crippen molar-refractivity contribution in [2.75, 3.05) is 19.8 Å². The van der Waals surface area contributed by atoms with Crippen LogP contribution in [0.5, 0.6) is 5.75 Å². The second-order valence-electron chi connectivity index (χ2n) is 5.09. The predicted molar refractivity (Wildman–Crippen MR) is 95.4 cm³/mol. The Kier molecular flexibility index (Phi) is 10.2. The molecule has 134 valence electrons. The van der Waals surface area contributed by atoms with Crippen LogP contribution in [0.4, 0.5) is 0 Å². The minimum atomic E-state index is -0.213. The highest BCUT2D eigenvalue weighted by molar-refractivity contribution is 9.08. The standard InChI is InChI=1S/C18H25BrO5/c1-3-22-17(20)9-6-12-24-16-8-5-7-14(13-19)15(16)10-11-18(21)23-4-2/h5,7-8H,3-4,6,9-13H2,1-2H3. The van der Waals surface area contributed by atoms with Gasteiger partial charge >= 0.3 is 11.9 Å². The molecular weight excluding hydrogens is 376 g/mol. The largest absolute Gasteiger partial charge is 0.493 e. The van der Waals surface area contributed by atoms with Gasteiger partial charge in [0, 0.05) is 18.2 Å². The van der Waals surface area contributed by atoms with Gasteiger partial charge in [0.25, 0.3) is 0 Å². The Labute approximate surface area is 151 Å². The Morgan fingerprint density at radius 3 is 2.33 bits per heavy atom. The Morgan fingerprint density at radius 2 is 1.71 bits per heavy atom. The lowest BCUT2D eigenvalue weighted by Gasteiger charge is -2.14. The highest BCUT2D eigenvalue weighted by Gasteiger charge is 2.12. The van der Waals surface area contributed by atoms with Gasteiger partial charge in [-0.15, -0.1) is 0 Å². The summed E-state index contributed by atoms with van der Waals surface area (Å²) < 4.78 is 15.7. The molecule has 0 amide bonds. The number of alkyl halides is 1. The lowest BCUT2D eigenvalue weighted by atomic mass is 10.0. The molecule has 1 aromatic carbocycles. The van der Waals surface area contributed by atoms with E-state index in [1.807, 2.05) is 18.2 Å². The van der Waals surface area contributed by atoms with Crippen LogP contribution in [0.15, 0.2) is 18.2 Å². The highest BCUT2D eigenvalue weighted by Crippen LogP contribution is 2.26. The summed E-state index contributed by atoms with van der Waals surface area (Å²) in [5.41, 5.74) is 2.08. The molecule has 0 bridgehead atoms. The average molecular weight is 401 g/mol. The molecule has 0 aliphatic carbocycles. The first-order valence-electron chi connectivity index (χ1n) is 8.23. The number of ether oxygens (including phenoxy) is 3. The Bertz CT molecular complexity index is 530. The summed E-state index contributed by atoms with van der Waals surface area (Å²) in [7, 11) is 0. The van der Waals surface area contributed by atoms with Crippen molar-refractivity contribution in [3.05, 3.63) is 29.3 Å². The van der Waals surface area contributed by atoms with Crippen molar-refractivity contribution in [2.45, 2.75) is 44.9 Å². The summed E-state index contributed by atoms with van der Waals surface area (Å²) in [6.45, 7) is 4.79. The molecule has 5 nitrogen and oxygen atoms in total. The molecule has 0 fully saturated rings. The second kappa shape index (κ2) is 11.9. The zero-order valence-electron chi connectivity index (χ0n) is 14.3. The Hall–Kier alpha value is -1.56. The van der Waals surface area contributed by atoms with Crippen molar-refractivity contribution >= 4 is 27.9 Å². The number of halogens is 1. The first kappa shape index (κ1) is 20.5. The molecule has 0 aliphatic heterocycles. The predicted octanol–water partition coefficient (Wildman–Crippen LogP) is 3.80. The number of benzene rings is 1. The highest BCUT2D eigenvalue weighted by atomic mass is 79.9. The van der Waals surface area contributed by atoms with Crippen LogP contribution >= 0.6 is 15.9 Å². The number of carbonyl (C=O) groups excluding carboxylic acids is 2. The normalized spacial score (nSPS) is 10.3. The molecule has 0 heterocycles. The lowest BCUT2D eigenvalue weighted by molar-refractivity contribution is -0.144. The Balaban J connectivity index is 2.62. The fourth-order valence-corrected chi connectivity index (χ4v) is 2.77. The van der Waals surface area contributed by atoms with Crippen molar-refractivity contribution in [1.29, 1.82) is 0 Å². The first-order chi connectivity index (χ1) is 11.6. The molecular formula is C18H25BrO5. The van der Waals surface area contributed by atoms with E-state index in [1.165, 1.54) is 0 Å². The van der Waals surface area contributed by atoms with E-state index in [9.17, 15) is 9.59 Å². The number of esters is 2. The quantitative estimate of drug-likeness (QED) is 0.321. The van der Waals surface area contributed by atoms with E-state index >= 15 is 0 Å². The zero-order chi connectivity index (χ0) is 17.8. The van der Waals surface area contributed by atoms with Crippen LogP contribution in [-0.4, -0.2) is 31.8 Å². The minimum absolute atomic E-state index is 0.210. The van der Waals surface area contributed by atoms with Crippen molar-refractivity contribution < 1.29 is 23.8 Å². The third kappa shape index (κ3) is 7.34. The molecule has 0 aliphatic rings. The molecule has 0 aromatic heterocycles. The fourth-order valence-electron chi connectivity index (χ4n) is 2.25. The van der Waals surface area contributed by atoms with Crippen LogP contribution in [0.2, 0.25) is 0 Å². The van der Waals surface area contributed by atoms with Gasteiger partial charge in [-0.05, 0) is 43.9 Å². The molecule has 1 aromatic rings. The molecule has 0 saturated heterocycles. The first-order valence-corrected chi connectivity index (χ1v) is 9.35. The monoisotopic (exact) mass is 400 g/mol. The maximum Gasteiger partial charge on any atom is 0.306 e. The second-order valence-corrected chi connectivity index (χ2v) is 5.65. The van der Waals surface area contributed by atoms with Crippen LogP contribution in [0.1, 0.15) is 44.2 Å². The van der Waals surface area contributed by atoms with Crippen LogP contribution in [0, 0.1) is 0 Å². The van der Waals surface area contributed by atoms with Gasteiger partial charge in [-0.3, -0.25) is 9.59 Å². The van der Waals surface area contributed by atoms with E-state index < -0.39 is 0 Å². The molecule has 6 heteroatoms. The van der Waals surface area contributed by atoms with Crippen molar-refractivity contribution in [3.63, 3.8) is 0 Å². The summed E-state index contributed by atoms with van der Waals surface area (Å²) >= 11 is 3.47. The van der Waals surface area contributed by atoms with E-state index in [2.05, 4.69) is 15.9 Å². The van der Waals surface area contributed by atoms with Crippen LogP contribution in [0.3, 0.4) is 0 Å². The van der Waals surface area contributed by atoms with Crippen LogP contribution in [0.25, 0.3) is 0 Å². The SMILES string of the molecule is CCOC(=O)CCCOc1cccc(CBr)c1CCC(=O)OCC. The summed E-state index contributed by atoms with van der Waals surface area (Å²) in [6, 6.07) is 5.81. The molecule has 24 heavy (non-hydrogen) atoms. The van der Waals surface area contributed by atoms with Gasteiger partial charge in [0.1, 0.15) is 5.75 Å². The van der Waals surface area contributed by atoms with Gasteiger partial charge in [0.15, 0.2) is 0 Å². The summed E-state index contributed by atoms with van der Waals surface area (Å²) in [6.07, 6.45) is 1.81. The third-order valence-corrected chi connectivity index (χ3v) is 3.95. The third-order valence-electron chi connectivity index (χ3n) is 3.35. The van der Waals surface area contributed by atoms with Gasteiger partial charge < -0.3 is 14.2 Å². The number of carbonyl (C=O) groups is 2. The maximum atomic E-state index is 11.6. The molecule has 0 saturated carbocycles. The summed E-state index contributed by atoms with van der Waals surface area (Å²) in [5.74, 6) is 0.327. The molecule has 0 spiro atoms.